The van der Waals surface area contributed by atoms with Gasteiger partial charge in [-0.15, -0.1) is 0 Å². The summed E-state index contributed by atoms with van der Waals surface area (Å²) >= 11 is 0. The highest BCUT2D eigenvalue weighted by Gasteiger charge is 2.14. The fraction of sp³-hybridized carbons (Fsp3) is 0. The zero-order valence-electron chi connectivity index (χ0n) is 12.4. The van der Waals surface area contributed by atoms with Gasteiger partial charge in [-0.3, -0.25) is 0 Å². The molecule has 0 atom stereocenters. The second-order valence-electron chi connectivity index (χ2n) is 4.92. The summed E-state index contributed by atoms with van der Waals surface area (Å²) in [6.45, 7) is 0. The van der Waals surface area contributed by atoms with Gasteiger partial charge in [-0.05, 0) is 27.5 Å². The molecule has 0 spiro atoms. The third kappa shape index (κ3) is 3.05. The number of nitriles is 1. The van der Waals surface area contributed by atoms with Gasteiger partial charge in [-0.25, -0.2) is 9.42 Å². The van der Waals surface area contributed by atoms with Crippen LogP contribution in [0.15, 0.2) is 64.8 Å². The van der Waals surface area contributed by atoms with E-state index in [1.807, 2.05) is 54.6 Å². The van der Waals surface area contributed by atoms with Crippen molar-refractivity contribution in [3.8, 4) is 28.5 Å². The topological polar surface area (TPSA) is 100 Å². The molecule has 3 rings (SSSR count). The Morgan fingerprint density at radius 2 is 1.62 bits per heavy atom. The molecule has 1 aromatic heterocycles. The van der Waals surface area contributed by atoms with Gasteiger partial charge in [0.1, 0.15) is 23.0 Å². The Morgan fingerprint density at radius 1 is 1.00 bits per heavy atom. The minimum Gasteiger partial charge on any atom is -0.477 e. The molecular formula is C18H11N3O3. The Kier molecular flexibility index (Phi) is 4.17. The van der Waals surface area contributed by atoms with Crippen LogP contribution in [0.2, 0.25) is 0 Å². The van der Waals surface area contributed by atoms with Gasteiger partial charge in [0.15, 0.2) is 0 Å². The molecular weight excluding hydrogens is 306 g/mol. The summed E-state index contributed by atoms with van der Waals surface area (Å²) in [5, 5.41) is 25.2. The van der Waals surface area contributed by atoms with Crippen molar-refractivity contribution in [3.05, 3.63) is 65.9 Å². The maximum Gasteiger partial charge on any atom is 0.346 e. The first-order valence-electron chi connectivity index (χ1n) is 7.02. The number of hydrogen-bond donors (Lipinski definition) is 1. The summed E-state index contributed by atoms with van der Waals surface area (Å²) in [7, 11) is 0. The number of benzene rings is 2. The van der Waals surface area contributed by atoms with Crippen molar-refractivity contribution in [1.29, 1.82) is 5.26 Å². The lowest BCUT2D eigenvalue weighted by molar-refractivity contribution is -0.132. The molecule has 0 amide bonds. The molecule has 116 valence electrons. The first kappa shape index (κ1) is 15.2. The van der Waals surface area contributed by atoms with Crippen LogP contribution in [0.3, 0.4) is 0 Å². The van der Waals surface area contributed by atoms with E-state index in [9.17, 15) is 4.79 Å². The average molecular weight is 317 g/mol. The van der Waals surface area contributed by atoms with Crippen molar-refractivity contribution in [1.82, 2.24) is 10.3 Å². The van der Waals surface area contributed by atoms with Crippen molar-refractivity contribution in [2.75, 3.05) is 0 Å². The number of carbonyl (C=O) groups is 1. The lowest BCUT2D eigenvalue weighted by Crippen LogP contribution is -1.97. The molecule has 0 aliphatic rings. The summed E-state index contributed by atoms with van der Waals surface area (Å²) in [6.07, 6.45) is 1.14. The standard InChI is InChI=1S/C18H11N3O3/c19-11-15(18(22)23)10-16-17(21-24-20-16)14-8-6-13(7-9-14)12-4-2-1-3-5-12/h1-10H,(H,22,23)/b15-10+. The molecule has 0 saturated carbocycles. The maximum atomic E-state index is 10.9. The molecule has 6 nitrogen and oxygen atoms in total. The van der Waals surface area contributed by atoms with Crippen LogP contribution in [0.5, 0.6) is 0 Å². The lowest BCUT2D eigenvalue weighted by atomic mass is 10.0. The van der Waals surface area contributed by atoms with Gasteiger partial charge in [-0.2, -0.15) is 5.26 Å². The minimum absolute atomic E-state index is 0.196. The van der Waals surface area contributed by atoms with E-state index in [2.05, 4.69) is 10.3 Å². The highest BCUT2D eigenvalue weighted by atomic mass is 16.6. The Bertz CT molecular complexity index is 936. The van der Waals surface area contributed by atoms with Crippen LogP contribution in [0, 0.1) is 11.3 Å². The smallest absolute Gasteiger partial charge is 0.346 e. The average Bonchev–Trinajstić information content (AvgIpc) is 3.08. The van der Waals surface area contributed by atoms with E-state index >= 15 is 0 Å². The molecule has 0 aliphatic heterocycles. The fourth-order valence-electron chi connectivity index (χ4n) is 2.22. The molecule has 0 fully saturated rings. The number of carboxylic acid groups (broad SMARTS) is 1. The third-order valence-corrected chi connectivity index (χ3v) is 3.41. The normalized spacial score (nSPS) is 11.0. The maximum absolute atomic E-state index is 10.9. The Hall–Kier alpha value is -3.72. The van der Waals surface area contributed by atoms with Crippen LogP contribution >= 0.6 is 0 Å². The van der Waals surface area contributed by atoms with Gasteiger partial charge in [0.2, 0.25) is 0 Å². The number of aliphatic carboxylic acids is 1. The molecule has 2 aromatic carbocycles. The molecule has 3 aromatic rings. The van der Waals surface area contributed by atoms with E-state index in [1.54, 1.807) is 6.07 Å². The Labute approximate surface area is 137 Å². The molecule has 24 heavy (non-hydrogen) atoms. The zero-order chi connectivity index (χ0) is 16.9. The van der Waals surface area contributed by atoms with Gasteiger partial charge in [-0.1, -0.05) is 54.6 Å². The number of nitrogens with zero attached hydrogens (tertiary/aromatic N) is 3. The van der Waals surface area contributed by atoms with Gasteiger partial charge in [0.05, 0.1) is 0 Å². The van der Waals surface area contributed by atoms with E-state index in [0.29, 0.717) is 11.3 Å². The monoisotopic (exact) mass is 317 g/mol. The quantitative estimate of drug-likeness (QED) is 0.584. The second kappa shape index (κ2) is 6.58. The van der Waals surface area contributed by atoms with E-state index in [0.717, 1.165) is 17.2 Å². The van der Waals surface area contributed by atoms with Crippen LogP contribution in [0.4, 0.5) is 0 Å². The van der Waals surface area contributed by atoms with Crippen molar-refractivity contribution in [2.24, 2.45) is 0 Å². The van der Waals surface area contributed by atoms with Gasteiger partial charge < -0.3 is 5.11 Å². The highest BCUT2D eigenvalue weighted by molar-refractivity contribution is 5.97. The SMILES string of the molecule is N#C/C(=C\c1nonc1-c1ccc(-c2ccccc2)cc1)C(=O)O. The minimum atomic E-state index is -1.33. The van der Waals surface area contributed by atoms with Gasteiger partial charge in [0.25, 0.3) is 0 Å². The summed E-state index contributed by atoms with van der Waals surface area (Å²) in [6, 6.07) is 19.0. The van der Waals surface area contributed by atoms with Crippen LogP contribution in [0.1, 0.15) is 5.69 Å². The number of rotatable bonds is 4. The van der Waals surface area contributed by atoms with Gasteiger partial charge in [0, 0.05) is 5.56 Å². The third-order valence-electron chi connectivity index (χ3n) is 3.41. The van der Waals surface area contributed by atoms with E-state index in [1.165, 1.54) is 0 Å². The Morgan fingerprint density at radius 3 is 2.25 bits per heavy atom. The van der Waals surface area contributed by atoms with Crippen LogP contribution < -0.4 is 0 Å². The van der Waals surface area contributed by atoms with E-state index in [-0.39, 0.29) is 5.69 Å². The van der Waals surface area contributed by atoms with Crippen LogP contribution in [0.25, 0.3) is 28.5 Å². The molecule has 1 N–H and O–H groups in total. The first-order chi connectivity index (χ1) is 11.7. The summed E-state index contributed by atoms with van der Waals surface area (Å²) in [5.74, 6) is -1.33. The number of carboxylic acids is 1. The second-order valence-corrected chi connectivity index (χ2v) is 4.92. The Balaban J connectivity index is 1.96. The molecule has 0 bridgehead atoms. The summed E-state index contributed by atoms with van der Waals surface area (Å²) in [4.78, 5) is 10.9. The number of hydrogen-bond acceptors (Lipinski definition) is 5. The molecule has 6 heteroatoms. The molecule has 1 heterocycles. The van der Waals surface area contributed by atoms with Crippen LogP contribution in [-0.2, 0) is 4.79 Å². The van der Waals surface area contributed by atoms with Crippen molar-refractivity contribution >= 4 is 12.0 Å². The fourth-order valence-corrected chi connectivity index (χ4v) is 2.22. The van der Waals surface area contributed by atoms with Crippen LogP contribution in [-0.4, -0.2) is 21.4 Å². The summed E-state index contributed by atoms with van der Waals surface area (Å²) < 4.78 is 4.69. The molecule has 0 aliphatic carbocycles. The summed E-state index contributed by atoms with van der Waals surface area (Å²) in [5.41, 5.74) is 2.97. The molecule has 0 radical (unpaired) electrons. The number of aromatic nitrogens is 2. The predicted molar refractivity (Wildman–Crippen MR) is 86.4 cm³/mol. The highest BCUT2D eigenvalue weighted by Crippen LogP contribution is 2.26. The van der Waals surface area contributed by atoms with Crippen molar-refractivity contribution < 1.29 is 14.5 Å². The first-order valence-corrected chi connectivity index (χ1v) is 7.02. The molecule has 0 saturated heterocycles. The largest absolute Gasteiger partial charge is 0.477 e. The van der Waals surface area contributed by atoms with Crippen molar-refractivity contribution in [2.45, 2.75) is 0 Å². The van der Waals surface area contributed by atoms with E-state index in [4.69, 9.17) is 15.0 Å². The zero-order valence-corrected chi connectivity index (χ0v) is 12.4. The lowest BCUT2D eigenvalue weighted by Gasteiger charge is -2.02. The predicted octanol–water partition coefficient (Wildman–Crippen LogP) is 3.40. The van der Waals surface area contributed by atoms with Crippen molar-refractivity contribution in [3.63, 3.8) is 0 Å². The van der Waals surface area contributed by atoms with Gasteiger partial charge >= 0.3 is 5.97 Å². The molecule has 0 unspecified atom stereocenters. The van der Waals surface area contributed by atoms with E-state index < -0.39 is 11.5 Å².